The highest BCUT2D eigenvalue weighted by atomic mass is 16.6. The van der Waals surface area contributed by atoms with Crippen LogP contribution in [0.2, 0.25) is 0 Å². The summed E-state index contributed by atoms with van der Waals surface area (Å²) in [5.74, 6) is -1.34. The number of ether oxygens (including phenoxy) is 1. The summed E-state index contributed by atoms with van der Waals surface area (Å²) in [5, 5.41) is 23.1. The molecule has 1 fully saturated rings. The van der Waals surface area contributed by atoms with Gasteiger partial charge >= 0.3 is 5.97 Å². The Bertz CT molecular complexity index is 525. The van der Waals surface area contributed by atoms with Crippen LogP contribution in [0.25, 0.3) is 0 Å². The van der Waals surface area contributed by atoms with E-state index >= 15 is 0 Å². The number of morpholine rings is 1. The lowest BCUT2D eigenvalue weighted by Gasteiger charge is -2.29. The van der Waals surface area contributed by atoms with E-state index in [4.69, 9.17) is 9.84 Å². The maximum Gasteiger partial charge on any atom is 0.342 e. The molecule has 108 valence electrons. The molecule has 1 aromatic carbocycles. The van der Waals surface area contributed by atoms with Gasteiger partial charge in [-0.15, -0.1) is 0 Å². The highest BCUT2D eigenvalue weighted by Crippen LogP contribution is 2.27. The third kappa shape index (κ3) is 2.94. The summed E-state index contributed by atoms with van der Waals surface area (Å²) in [7, 11) is 0. The van der Waals surface area contributed by atoms with Gasteiger partial charge in [0.1, 0.15) is 5.56 Å². The fraction of sp³-hybridized carbons (Fsp3) is 0.462. The fourth-order valence-corrected chi connectivity index (χ4v) is 2.29. The first kappa shape index (κ1) is 14.4. The largest absolute Gasteiger partial charge is 0.477 e. The monoisotopic (exact) mass is 280 g/mol. The van der Waals surface area contributed by atoms with E-state index in [-0.39, 0.29) is 17.6 Å². The lowest BCUT2D eigenvalue weighted by Crippen LogP contribution is -2.41. The molecule has 0 radical (unpaired) electrons. The van der Waals surface area contributed by atoms with Crippen molar-refractivity contribution < 1.29 is 19.6 Å². The van der Waals surface area contributed by atoms with Gasteiger partial charge in [-0.25, -0.2) is 4.79 Å². The van der Waals surface area contributed by atoms with Crippen molar-refractivity contribution in [1.29, 1.82) is 0 Å². The molecule has 2 N–H and O–H groups in total. The molecule has 0 spiro atoms. The molecule has 2 atom stereocenters. The minimum atomic E-state index is -1.30. The Morgan fingerprint density at radius 1 is 1.60 bits per heavy atom. The van der Waals surface area contributed by atoms with E-state index in [9.17, 15) is 14.9 Å². The minimum Gasteiger partial charge on any atom is -0.477 e. The summed E-state index contributed by atoms with van der Waals surface area (Å²) in [6.45, 7) is 4.00. The number of nitro groups is 1. The maximum absolute atomic E-state index is 11.1. The van der Waals surface area contributed by atoms with Gasteiger partial charge in [0.15, 0.2) is 0 Å². The Balaban J connectivity index is 2.30. The second kappa shape index (κ2) is 5.98. The zero-order valence-electron chi connectivity index (χ0n) is 11.0. The highest BCUT2D eigenvalue weighted by molar-refractivity contribution is 5.92. The number of carbonyl (C=O) groups is 1. The van der Waals surface area contributed by atoms with Crippen molar-refractivity contribution in [1.82, 2.24) is 5.32 Å². The second-order valence-corrected chi connectivity index (χ2v) is 4.74. The number of nitrogens with zero attached hydrogens (tertiary/aromatic N) is 1. The van der Waals surface area contributed by atoms with E-state index in [1.165, 1.54) is 12.1 Å². The van der Waals surface area contributed by atoms with Gasteiger partial charge in [-0.05, 0) is 11.6 Å². The fourth-order valence-electron chi connectivity index (χ4n) is 2.29. The Morgan fingerprint density at radius 3 is 2.90 bits per heavy atom. The average molecular weight is 280 g/mol. The summed E-state index contributed by atoms with van der Waals surface area (Å²) >= 11 is 0. The van der Waals surface area contributed by atoms with E-state index in [2.05, 4.69) is 5.32 Å². The van der Waals surface area contributed by atoms with Crippen molar-refractivity contribution in [2.45, 2.75) is 18.9 Å². The molecule has 2 rings (SSSR count). The highest BCUT2D eigenvalue weighted by Gasteiger charge is 2.26. The predicted molar refractivity (Wildman–Crippen MR) is 71.1 cm³/mol. The van der Waals surface area contributed by atoms with Crippen LogP contribution in [-0.4, -0.2) is 41.8 Å². The van der Waals surface area contributed by atoms with Crippen LogP contribution in [0.15, 0.2) is 18.2 Å². The maximum atomic E-state index is 11.1. The normalized spacial score (nSPS) is 20.4. The summed E-state index contributed by atoms with van der Waals surface area (Å²) in [6, 6.07) is 4.20. The molecule has 0 bridgehead atoms. The molecule has 7 nitrogen and oxygen atoms in total. The molecule has 2 unspecified atom stereocenters. The Labute approximate surface area is 115 Å². The van der Waals surface area contributed by atoms with Gasteiger partial charge in [-0.2, -0.15) is 0 Å². The van der Waals surface area contributed by atoms with Gasteiger partial charge < -0.3 is 15.2 Å². The molecule has 1 aliphatic rings. The zero-order chi connectivity index (χ0) is 14.7. The number of carboxylic acids is 1. The molecule has 1 saturated heterocycles. The van der Waals surface area contributed by atoms with Gasteiger partial charge in [-0.1, -0.05) is 13.0 Å². The molecule has 0 amide bonds. The van der Waals surface area contributed by atoms with Crippen LogP contribution in [0.3, 0.4) is 0 Å². The summed E-state index contributed by atoms with van der Waals surface area (Å²) in [4.78, 5) is 21.3. The van der Waals surface area contributed by atoms with Crippen molar-refractivity contribution in [3.8, 4) is 0 Å². The van der Waals surface area contributed by atoms with Crippen molar-refractivity contribution >= 4 is 11.7 Å². The SMILES string of the molecule is CC(c1ccc([N+](=O)[O-])c(C(=O)O)c1)C1CNCCO1. The third-order valence-electron chi connectivity index (χ3n) is 3.49. The summed E-state index contributed by atoms with van der Waals surface area (Å²) in [6.07, 6.45) is -0.0631. The Hall–Kier alpha value is -1.99. The van der Waals surface area contributed by atoms with E-state index in [1.54, 1.807) is 6.07 Å². The number of aromatic carboxylic acids is 1. The van der Waals surface area contributed by atoms with Crippen molar-refractivity contribution in [3.63, 3.8) is 0 Å². The van der Waals surface area contributed by atoms with Crippen LogP contribution < -0.4 is 5.32 Å². The topological polar surface area (TPSA) is 102 Å². The van der Waals surface area contributed by atoms with E-state index < -0.39 is 16.6 Å². The molecule has 20 heavy (non-hydrogen) atoms. The van der Waals surface area contributed by atoms with Gasteiger partial charge in [-0.3, -0.25) is 10.1 Å². The van der Waals surface area contributed by atoms with Crippen molar-refractivity contribution in [2.24, 2.45) is 0 Å². The average Bonchev–Trinajstić information content (AvgIpc) is 2.46. The summed E-state index contributed by atoms with van der Waals surface area (Å²) < 4.78 is 5.63. The van der Waals surface area contributed by atoms with Crippen LogP contribution in [0.1, 0.15) is 28.8 Å². The van der Waals surface area contributed by atoms with Gasteiger partial charge in [0.2, 0.25) is 0 Å². The first-order valence-corrected chi connectivity index (χ1v) is 6.34. The molecule has 0 aliphatic carbocycles. The standard InChI is InChI=1S/C13H16N2O5/c1-8(12-7-14-4-5-20-12)9-2-3-11(15(18)19)10(6-9)13(16)17/h2-3,6,8,12,14H,4-5,7H2,1H3,(H,16,17). The quantitative estimate of drug-likeness (QED) is 0.638. The van der Waals surface area contributed by atoms with E-state index in [1.807, 2.05) is 6.92 Å². The van der Waals surface area contributed by atoms with Gasteiger partial charge in [0, 0.05) is 25.1 Å². The molecular formula is C13H16N2O5. The molecule has 1 heterocycles. The van der Waals surface area contributed by atoms with Crippen LogP contribution in [0.4, 0.5) is 5.69 Å². The molecule has 0 saturated carbocycles. The number of hydrogen-bond donors (Lipinski definition) is 2. The number of hydrogen-bond acceptors (Lipinski definition) is 5. The van der Waals surface area contributed by atoms with Crippen molar-refractivity contribution in [3.05, 3.63) is 39.4 Å². The van der Waals surface area contributed by atoms with E-state index in [0.717, 1.165) is 12.1 Å². The molecular weight excluding hydrogens is 264 g/mol. The first-order chi connectivity index (χ1) is 9.50. The molecule has 1 aromatic rings. The molecule has 0 aromatic heterocycles. The predicted octanol–water partition coefficient (Wildman–Crippen LogP) is 1.38. The molecule has 1 aliphatic heterocycles. The zero-order valence-corrected chi connectivity index (χ0v) is 11.0. The van der Waals surface area contributed by atoms with E-state index in [0.29, 0.717) is 13.2 Å². The Morgan fingerprint density at radius 2 is 2.35 bits per heavy atom. The minimum absolute atomic E-state index is 0.0401. The number of nitro benzene ring substituents is 1. The van der Waals surface area contributed by atoms with Crippen LogP contribution in [-0.2, 0) is 4.74 Å². The lowest BCUT2D eigenvalue weighted by molar-refractivity contribution is -0.385. The molecule has 7 heteroatoms. The number of carboxylic acid groups (broad SMARTS) is 1. The van der Waals surface area contributed by atoms with Crippen molar-refractivity contribution in [2.75, 3.05) is 19.7 Å². The first-order valence-electron chi connectivity index (χ1n) is 6.34. The smallest absolute Gasteiger partial charge is 0.342 e. The van der Waals surface area contributed by atoms with Crippen LogP contribution in [0, 0.1) is 10.1 Å². The third-order valence-corrected chi connectivity index (χ3v) is 3.49. The van der Waals surface area contributed by atoms with Gasteiger partial charge in [0.25, 0.3) is 5.69 Å². The number of rotatable bonds is 4. The second-order valence-electron chi connectivity index (χ2n) is 4.74. The van der Waals surface area contributed by atoms with Crippen LogP contribution >= 0.6 is 0 Å². The summed E-state index contributed by atoms with van der Waals surface area (Å²) in [5.41, 5.74) is 0.0426. The number of nitrogens with one attached hydrogen (secondary N) is 1. The van der Waals surface area contributed by atoms with Crippen LogP contribution in [0.5, 0.6) is 0 Å². The lowest BCUT2D eigenvalue weighted by atomic mass is 9.92. The number of benzene rings is 1. The van der Waals surface area contributed by atoms with Gasteiger partial charge in [0.05, 0.1) is 17.6 Å². The Kier molecular flexibility index (Phi) is 4.31.